The Labute approximate surface area is 76.3 Å². The van der Waals surface area contributed by atoms with E-state index in [0.717, 1.165) is 16.5 Å². The largest absolute Gasteiger partial charge is 0.278 e. The van der Waals surface area contributed by atoms with Gasteiger partial charge in [0.15, 0.2) is 0 Å². The van der Waals surface area contributed by atoms with Crippen LogP contribution in [-0.4, -0.2) is 18.0 Å². The molecule has 0 aliphatic rings. The van der Waals surface area contributed by atoms with E-state index in [2.05, 4.69) is 10.2 Å². The van der Waals surface area contributed by atoms with E-state index in [1.807, 2.05) is 13.0 Å². The zero-order valence-corrected chi connectivity index (χ0v) is 7.31. The van der Waals surface area contributed by atoms with E-state index in [1.165, 1.54) is 0 Å². The maximum atomic E-state index is 5.95. The number of halogens is 1. The second-order valence-corrected chi connectivity index (χ2v) is 3.13. The van der Waals surface area contributed by atoms with Crippen LogP contribution in [0.4, 0.5) is 0 Å². The van der Waals surface area contributed by atoms with Crippen molar-refractivity contribution in [1.29, 1.82) is 0 Å². The van der Waals surface area contributed by atoms with Crippen molar-refractivity contribution in [3.05, 3.63) is 22.8 Å². The smallest absolute Gasteiger partial charge is 0.116 e. The number of H-pyrrole nitrogens is 1. The van der Waals surface area contributed by atoms with Crippen LogP contribution in [0.5, 0.6) is 0 Å². The average molecular weight is 176 g/mol. The zero-order chi connectivity index (χ0) is 8.72. The lowest BCUT2D eigenvalue weighted by molar-refractivity contribution is 1.12. The van der Waals surface area contributed by atoms with Gasteiger partial charge in [-0.15, -0.1) is 0 Å². The highest BCUT2D eigenvalue weighted by molar-refractivity contribution is 6.49. The number of aromatic nitrogens is 2. The quantitative estimate of drug-likeness (QED) is 0.603. The fourth-order valence-corrected chi connectivity index (χ4v) is 1.39. The molecule has 1 aromatic heterocycles. The first kappa shape index (κ1) is 7.68. The monoisotopic (exact) mass is 176 g/mol. The molecule has 0 spiro atoms. The van der Waals surface area contributed by atoms with Crippen molar-refractivity contribution in [2.45, 2.75) is 6.92 Å². The number of hydrogen-bond acceptors (Lipinski definition) is 1. The fourth-order valence-electron chi connectivity index (χ4n) is 1.23. The molecule has 0 saturated heterocycles. The van der Waals surface area contributed by atoms with E-state index in [-0.39, 0.29) is 0 Å². The van der Waals surface area contributed by atoms with E-state index in [9.17, 15) is 0 Å². The number of aromatic amines is 1. The van der Waals surface area contributed by atoms with Gasteiger partial charge in [0.05, 0.1) is 11.7 Å². The third-order valence-corrected chi connectivity index (χ3v) is 2.40. The first-order valence-electron chi connectivity index (χ1n) is 3.58. The van der Waals surface area contributed by atoms with Gasteiger partial charge >= 0.3 is 0 Å². The molecule has 1 aromatic carbocycles. The Morgan fingerprint density at radius 1 is 1.58 bits per heavy atom. The molecule has 0 bridgehead atoms. The van der Waals surface area contributed by atoms with Crippen LogP contribution in [0.2, 0.25) is 5.02 Å². The summed E-state index contributed by atoms with van der Waals surface area (Å²) in [7, 11) is 5.77. The van der Waals surface area contributed by atoms with Crippen molar-refractivity contribution in [3.63, 3.8) is 0 Å². The van der Waals surface area contributed by atoms with Crippen LogP contribution in [0.15, 0.2) is 12.3 Å². The van der Waals surface area contributed by atoms with Gasteiger partial charge in [-0.25, -0.2) is 0 Å². The normalized spacial score (nSPS) is 10.8. The molecule has 0 amide bonds. The summed E-state index contributed by atoms with van der Waals surface area (Å²) in [6.07, 6.45) is 1.68. The molecular weight excluding hydrogens is 170 g/mol. The van der Waals surface area contributed by atoms with Gasteiger partial charge in [-0.3, -0.25) is 5.10 Å². The maximum Gasteiger partial charge on any atom is 0.116 e. The molecule has 12 heavy (non-hydrogen) atoms. The maximum absolute atomic E-state index is 5.95. The number of aryl methyl sites for hydroxylation is 1. The molecule has 2 radical (unpaired) electrons. The van der Waals surface area contributed by atoms with Crippen LogP contribution < -0.4 is 5.46 Å². The topological polar surface area (TPSA) is 28.7 Å². The number of fused-ring (bicyclic) bond motifs is 1. The van der Waals surface area contributed by atoms with Crippen LogP contribution in [-0.2, 0) is 0 Å². The Balaban J connectivity index is 2.94. The molecule has 0 unspecified atom stereocenters. The van der Waals surface area contributed by atoms with Gasteiger partial charge in [-0.2, -0.15) is 5.10 Å². The molecule has 2 aromatic rings. The van der Waals surface area contributed by atoms with Crippen molar-refractivity contribution >= 4 is 35.8 Å². The van der Waals surface area contributed by atoms with E-state index in [4.69, 9.17) is 19.4 Å². The number of benzene rings is 1. The number of hydrogen-bond donors (Lipinski definition) is 1. The average Bonchev–Trinajstić information content (AvgIpc) is 2.48. The molecule has 0 atom stereocenters. The highest BCUT2D eigenvalue weighted by Gasteiger charge is 2.05. The summed E-state index contributed by atoms with van der Waals surface area (Å²) in [6, 6.07) is 1.93. The molecule has 58 valence electrons. The Kier molecular flexibility index (Phi) is 1.62. The Morgan fingerprint density at radius 2 is 2.33 bits per heavy atom. The van der Waals surface area contributed by atoms with Gasteiger partial charge in [0.1, 0.15) is 7.85 Å². The van der Waals surface area contributed by atoms with Crippen molar-refractivity contribution in [2.24, 2.45) is 0 Å². The lowest BCUT2D eigenvalue weighted by Gasteiger charge is -2.02. The highest BCUT2D eigenvalue weighted by atomic mass is 35.5. The molecule has 0 aliphatic carbocycles. The second-order valence-electron chi connectivity index (χ2n) is 2.75. The summed E-state index contributed by atoms with van der Waals surface area (Å²) in [6.45, 7) is 1.92. The SMILES string of the molecule is [B]c1c(Cl)c(C)cc2[nH]ncc12. The predicted molar refractivity (Wildman–Crippen MR) is 51.2 cm³/mol. The third kappa shape index (κ3) is 0.933. The van der Waals surface area contributed by atoms with E-state index in [1.54, 1.807) is 6.20 Å². The van der Waals surface area contributed by atoms with E-state index < -0.39 is 0 Å². The summed E-state index contributed by atoms with van der Waals surface area (Å²) < 4.78 is 0. The molecule has 2 nitrogen and oxygen atoms in total. The van der Waals surface area contributed by atoms with Gasteiger partial charge in [-0.1, -0.05) is 17.1 Å². The number of rotatable bonds is 0. The Hall–Kier alpha value is -0.955. The summed E-state index contributed by atoms with van der Waals surface area (Å²) >= 11 is 5.95. The number of nitrogens with one attached hydrogen (secondary N) is 1. The molecule has 0 aliphatic heterocycles. The summed E-state index contributed by atoms with van der Waals surface area (Å²) in [5, 5.41) is 8.22. The molecule has 1 heterocycles. The van der Waals surface area contributed by atoms with Gasteiger partial charge in [0, 0.05) is 10.4 Å². The van der Waals surface area contributed by atoms with Crippen molar-refractivity contribution in [1.82, 2.24) is 10.2 Å². The highest BCUT2D eigenvalue weighted by Crippen LogP contribution is 2.18. The molecule has 4 heteroatoms. The van der Waals surface area contributed by atoms with Gasteiger partial charge < -0.3 is 0 Å². The third-order valence-electron chi connectivity index (χ3n) is 1.90. The molecule has 2 rings (SSSR count). The summed E-state index contributed by atoms with van der Waals surface area (Å²) in [4.78, 5) is 0. The Bertz CT molecular complexity index is 436. The van der Waals surface area contributed by atoms with Crippen LogP contribution >= 0.6 is 11.6 Å². The minimum Gasteiger partial charge on any atom is -0.278 e. The van der Waals surface area contributed by atoms with E-state index >= 15 is 0 Å². The molecular formula is C8H6BClN2. The fraction of sp³-hybridized carbons (Fsp3) is 0.125. The van der Waals surface area contributed by atoms with Crippen molar-refractivity contribution < 1.29 is 0 Å². The van der Waals surface area contributed by atoms with E-state index in [0.29, 0.717) is 10.5 Å². The van der Waals surface area contributed by atoms with Gasteiger partial charge in [-0.05, 0) is 18.6 Å². The first-order chi connectivity index (χ1) is 5.70. The summed E-state index contributed by atoms with van der Waals surface area (Å²) in [5.41, 5.74) is 2.49. The Morgan fingerprint density at radius 3 is 3.08 bits per heavy atom. The van der Waals surface area contributed by atoms with Gasteiger partial charge in [0.25, 0.3) is 0 Å². The van der Waals surface area contributed by atoms with Crippen LogP contribution in [0, 0.1) is 6.92 Å². The lowest BCUT2D eigenvalue weighted by Crippen LogP contribution is -2.06. The van der Waals surface area contributed by atoms with Crippen molar-refractivity contribution in [2.75, 3.05) is 0 Å². The minimum absolute atomic E-state index is 0.598. The molecule has 0 saturated carbocycles. The number of nitrogens with zero attached hydrogens (tertiary/aromatic N) is 1. The van der Waals surface area contributed by atoms with Gasteiger partial charge in [0.2, 0.25) is 0 Å². The summed E-state index contributed by atoms with van der Waals surface area (Å²) in [5.74, 6) is 0. The van der Waals surface area contributed by atoms with Crippen molar-refractivity contribution in [3.8, 4) is 0 Å². The first-order valence-corrected chi connectivity index (χ1v) is 3.95. The molecule has 0 fully saturated rings. The predicted octanol–water partition coefficient (Wildman–Crippen LogP) is 1.32. The standard InChI is InChI=1S/C8H6BClN2/c1-4-2-6-5(3-11-12-6)7(9)8(4)10/h2-3H,1H3,(H,11,12). The zero-order valence-electron chi connectivity index (χ0n) is 6.56. The van der Waals surface area contributed by atoms with Crippen LogP contribution in [0.25, 0.3) is 10.9 Å². The lowest BCUT2D eigenvalue weighted by atomic mass is 9.91. The molecule has 1 N–H and O–H groups in total. The minimum atomic E-state index is 0.598. The second kappa shape index (κ2) is 2.52. The van der Waals surface area contributed by atoms with Crippen LogP contribution in [0.3, 0.4) is 0 Å². The van der Waals surface area contributed by atoms with Crippen LogP contribution in [0.1, 0.15) is 5.56 Å².